The minimum Gasteiger partial charge on any atom is -0.325 e. The summed E-state index contributed by atoms with van der Waals surface area (Å²) in [6.45, 7) is 12.1. The van der Waals surface area contributed by atoms with Crippen LogP contribution in [0, 0.1) is 26.2 Å². The van der Waals surface area contributed by atoms with Crippen LogP contribution in [0.25, 0.3) is 0 Å². The fourth-order valence-corrected chi connectivity index (χ4v) is 1.82. The molecule has 0 aliphatic rings. The van der Waals surface area contributed by atoms with Gasteiger partial charge in [-0.3, -0.25) is 4.79 Å². The Morgan fingerprint density at radius 3 is 2.06 bits per heavy atom. The van der Waals surface area contributed by atoms with Crippen LogP contribution in [0.2, 0.25) is 0 Å². The third kappa shape index (κ3) is 3.09. The highest BCUT2D eigenvalue weighted by molar-refractivity contribution is 5.96. The van der Waals surface area contributed by atoms with Gasteiger partial charge in [0.15, 0.2) is 0 Å². The molecule has 0 aromatic heterocycles. The lowest BCUT2D eigenvalue weighted by Gasteiger charge is -2.23. The molecule has 0 fully saturated rings. The molecule has 2 heteroatoms. The molecule has 0 atom stereocenters. The number of anilines is 1. The topological polar surface area (TPSA) is 29.1 Å². The van der Waals surface area contributed by atoms with E-state index >= 15 is 0 Å². The molecule has 0 aliphatic heterocycles. The first-order valence-corrected chi connectivity index (χ1v) is 6.17. The van der Waals surface area contributed by atoms with Gasteiger partial charge in [-0.1, -0.05) is 38.5 Å². The molecule has 0 bridgehead atoms. The summed E-state index contributed by atoms with van der Waals surface area (Å²) in [7, 11) is 0. The Morgan fingerprint density at radius 2 is 1.65 bits per heavy atom. The normalized spacial score (nSPS) is 11.4. The van der Waals surface area contributed by atoms with Crippen molar-refractivity contribution in [2.75, 3.05) is 5.32 Å². The first-order chi connectivity index (χ1) is 7.77. The molecule has 1 aromatic carbocycles. The van der Waals surface area contributed by atoms with Gasteiger partial charge in [0.2, 0.25) is 5.91 Å². The summed E-state index contributed by atoms with van der Waals surface area (Å²) in [4.78, 5) is 12.1. The predicted octanol–water partition coefficient (Wildman–Crippen LogP) is 3.99. The molecule has 17 heavy (non-hydrogen) atoms. The van der Waals surface area contributed by atoms with Crippen LogP contribution in [0.15, 0.2) is 12.1 Å². The third-order valence-electron chi connectivity index (χ3n) is 3.41. The number of benzene rings is 1. The van der Waals surface area contributed by atoms with Crippen molar-refractivity contribution in [2.45, 2.75) is 48.0 Å². The van der Waals surface area contributed by atoms with Crippen molar-refractivity contribution in [2.24, 2.45) is 5.41 Å². The van der Waals surface area contributed by atoms with E-state index in [1.807, 2.05) is 34.6 Å². The zero-order chi connectivity index (χ0) is 13.2. The largest absolute Gasteiger partial charge is 0.325 e. The molecule has 1 N–H and O–H groups in total. The molecule has 1 aromatic rings. The Morgan fingerprint density at radius 1 is 1.18 bits per heavy atom. The number of hydrogen-bond acceptors (Lipinski definition) is 1. The summed E-state index contributed by atoms with van der Waals surface area (Å²) in [5.74, 6) is 0.0926. The molecule has 0 radical (unpaired) electrons. The monoisotopic (exact) mass is 233 g/mol. The minimum atomic E-state index is -0.316. The Balaban J connectivity index is 3.01. The van der Waals surface area contributed by atoms with E-state index in [1.165, 1.54) is 5.56 Å². The lowest BCUT2D eigenvalue weighted by Crippen LogP contribution is -2.30. The lowest BCUT2D eigenvalue weighted by atomic mass is 9.89. The van der Waals surface area contributed by atoms with E-state index in [4.69, 9.17) is 0 Å². The first-order valence-electron chi connectivity index (χ1n) is 6.17. The van der Waals surface area contributed by atoms with Crippen molar-refractivity contribution >= 4 is 11.6 Å². The summed E-state index contributed by atoms with van der Waals surface area (Å²) in [5, 5.41) is 3.06. The van der Waals surface area contributed by atoms with Crippen molar-refractivity contribution in [3.8, 4) is 0 Å². The van der Waals surface area contributed by atoms with Crippen molar-refractivity contribution in [1.82, 2.24) is 0 Å². The molecular formula is C15H23NO. The third-order valence-corrected chi connectivity index (χ3v) is 3.41. The van der Waals surface area contributed by atoms with Crippen LogP contribution in [0.1, 0.15) is 43.9 Å². The molecular weight excluding hydrogens is 210 g/mol. The number of carbonyl (C=O) groups is 1. The van der Waals surface area contributed by atoms with Crippen LogP contribution in [0.3, 0.4) is 0 Å². The van der Waals surface area contributed by atoms with Crippen molar-refractivity contribution in [3.05, 3.63) is 28.8 Å². The highest BCUT2D eigenvalue weighted by atomic mass is 16.2. The van der Waals surface area contributed by atoms with Gasteiger partial charge in [0.05, 0.1) is 0 Å². The van der Waals surface area contributed by atoms with Crippen molar-refractivity contribution in [1.29, 1.82) is 0 Å². The van der Waals surface area contributed by atoms with E-state index in [0.29, 0.717) is 0 Å². The fourth-order valence-electron chi connectivity index (χ4n) is 1.82. The SMILES string of the molecule is CCC(C)(C)C(=O)Nc1c(C)cc(C)cc1C. The maximum absolute atomic E-state index is 12.1. The molecule has 0 unspecified atom stereocenters. The molecule has 1 rings (SSSR count). The van der Waals surface area contributed by atoms with Gasteiger partial charge in [0.1, 0.15) is 0 Å². The second-order valence-electron chi connectivity index (χ2n) is 5.47. The van der Waals surface area contributed by atoms with Crippen LogP contribution in [0.4, 0.5) is 5.69 Å². The number of rotatable bonds is 3. The second kappa shape index (κ2) is 4.91. The number of aryl methyl sites for hydroxylation is 3. The Hall–Kier alpha value is -1.31. The van der Waals surface area contributed by atoms with Crippen molar-refractivity contribution < 1.29 is 4.79 Å². The Labute approximate surface area is 104 Å². The summed E-state index contributed by atoms with van der Waals surface area (Å²) in [6.07, 6.45) is 0.836. The molecule has 0 saturated carbocycles. The molecule has 2 nitrogen and oxygen atoms in total. The maximum atomic E-state index is 12.1. The van der Waals surface area contributed by atoms with Gasteiger partial charge in [0, 0.05) is 11.1 Å². The zero-order valence-corrected chi connectivity index (χ0v) is 11.8. The number of hydrogen-bond donors (Lipinski definition) is 1. The highest BCUT2D eigenvalue weighted by Gasteiger charge is 2.25. The number of amides is 1. The summed E-state index contributed by atoms with van der Waals surface area (Å²) in [6, 6.07) is 4.20. The smallest absolute Gasteiger partial charge is 0.230 e. The molecule has 0 heterocycles. The Kier molecular flexibility index (Phi) is 3.97. The van der Waals surface area contributed by atoms with E-state index in [0.717, 1.165) is 23.2 Å². The minimum absolute atomic E-state index is 0.0926. The average molecular weight is 233 g/mol. The zero-order valence-electron chi connectivity index (χ0n) is 11.8. The lowest BCUT2D eigenvalue weighted by molar-refractivity contribution is -0.124. The van der Waals surface area contributed by atoms with E-state index in [9.17, 15) is 4.79 Å². The second-order valence-corrected chi connectivity index (χ2v) is 5.47. The van der Waals surface area contributed by atoms with Gasteiger partial charge in [-0.15, -0.1) is 0 Å². The van der Waals surface area contributed by atoms with Crippen LogP contribution in [-0.4, -0.2) is 5.91 Å². The van der Waals surface area contributed by atoms with Gasteiger partial charge < -0.3 is 5.32 Å². The standard InChI is InChI=1S/C15H23NO/c1-7-15(5,6)14(17)16-13-11(3)8-10(2)9-12(13)4/h8-9H,7H2,1-6H3,(H,16,17). The number of nitrogens with one attached hydrogen (secondary N) is 1. The van der Waals surface area contributed by atoms with Gasteiger partial charge in [-0.25, -0.2) is 0 Å². The van der Waals surface area contributed by atoms with Gasteiger partial charge in [-0.2, -0.15) is 0 Å². The molecule has 1 amide bonds. The Bertz CT molecular complexity index is 410. The van der Waals surface area contributed by atoms with E-state index < -0.39 is 0 Å². The van der Waals surface area contributed by atoms with E-state index in [1.54, 1.807) is 0 Å². The molecule has 94 valence electrons. The number of carbonyl (C=O) groups excluding carboxylic acids is 1. The van der Waals surface area contributed by atoms with Crippen molar-refractivity contribution in [3.63, 3.8) is 0 Å². The predicted molar refractivity (Wildman–Crippen MR) is 73.4 cm³/mol. The average Bonchev–Trinajstić information content (AvgIpc) is 2.22. The summed E-state index contributed by atoms with van der Waals surface area (Å²) in [5.41, 5.74) is 4.13. The van der Waals surface area contributed by atoms with Crippen LogP contribution in [-0.2, 0) is 4.79 Å². The molecule has 0 spiro atoms. The first kappa shape index (κ1) is 13.8. The van der Waals surface area contributed by atoms with Gasteiger partial charge >= 0.3 is 0 Å². The fraction of sp³-hybridized carbons (Fsp3) is 0.533. The van der Waals surface area contributed by atoms with Gasteiger partial charge in [-0.05, 0) is 38.3 Å². The summed E-state index contributed by atoms with van der Waals surface area (Å²) >= 11 is 0. The van der Waals surface area contributed by atoms with Crippen LogP contribution in [0.5, 0.6) is 0 Å². The quantitative estimate of drug-likeness (QED) is 0.840. The summed E-state index contributed by atoms with van der Waals surface area (Å²) < 4.78 is 0. The highest BCUT2D eigenvalue weighted by Crippen LogP contribution is 2.26. The van der Waals surface area contributed by atoms with E-state index in [2.05, 4.69) is 24.4 Å². The molecule has 0 aliphatic carbocycles. The molecule has 0 saturated heterocycles. The van der Waals surface area contributed by atoms with Crippen LogP contribution >= 0.6 is 0 Å². The van der Waals surface area contributed by atoms with Gasteiger partial charge in [0.25, 0.3) is 0 Å². The van der Waals surface area contributed by atoms with Crippen LogP contribution < -0.4 is 5.32 Å². The van der Waals surface area contributed by atoms with E-state index in [-0.39, 0.29) is 11.3 Å². The maximum Gasteiger partial charge on any atom is 0.230 e.